The highest BCUT2D eigenvalue weighted by Crippen LogP contribution is 2.29. The highest BCUT2D eigenvalue weighted by atomic mass is 16.7. The quantitative estimate of drug-likeness (QED) is 0.616. The Hall–Kier alpha value is -3.26. The standard InChI is InChI=1S/C26H33N7O3/c1-31-13-5-8-21(31)18-35-26-29-23-16-28-12-10-22(23)24(30-26)32-14-15-33(20(17-32)9-11-27)36-25(34)19-6-3-2-4-7-19/h2-4,6-7,20-21,28H,5,8-10,12-18H2,1H3/t20?,21-/m0/s1. The summed E-state index contributed by atoms with van der Waals surface area (Å²) in [5, 5.41) is 14.5. The number of nitrogens with one attached hydrogen (secondary N) is 1. The van der Waals surface area contributed by atoms with Crippen LogP contribution >= 0.6 is 0 Å². The van der Waals surface area contributed by atoms with Gasteiger partial charge in [-0.15, -0.1) is 5.06 Å². The molecule has 10 nitrogen and oxygen atoms in total. The molecular formula is C26H33N7O3. The number of hydrogen-bond donors (Lipinski definition) is 1. The number of nitrogens with zero attached hydrogens (tertiary/aromatic N) is 6. The summed E-state index contributed by atoms with van der Waals surface area (Å²) < 4.78 is 6.10. The van der Waals surface area contributed by atoms with Crippen molar-refractivity contribution in [3.05, 3.63) is 47.2 Å². The molecule has 3 aliphatic rings. The van der Waals surface area contributed by atoms with Crippen LogP contribution in [0, 0.1) is 11.3 Å². The van der Waals surface area contributed by atoms with Gasteiger partial charge in [-0.2, -0.15) is 15.2 Å². The van der Waals surface area contributed by atoms with E-state index >= 15 is 0 Å². The predicted molar refractivity (Wildman–Crippen MR) is 133 cm³/mol. The number of nitriles is 1. The van der Waals surface area contributed by atoms with Crippen molar-refractivity contribution in [2.75, 3.05) is 51.3 Å². The maximum atomic E-state index is 12.6. The van der Waals surface area contributed by atoms with E-state index in [2.05, 4.69) is 28.2 Å². The van der Waals surface area contributed by atoms with Gasteiger partial charge in [0, 0.05) is 31.2 Å². The molecule has 2 atom stereocenters. The minimum absolute atomic E-state index is 0.241. The zero-order valence-corrected chi connectivity index (χ0v) is 20.7. The van der Waals surface area contributed by atoms with Crippen molar-refractivity contribution in [2.24, 2.45) is 0 Å². The average Bonchev–Trinajstić information content (AvgIpc) is 3.33. The zero-order chi connectivity index (χ0) is 24.9. The van der Waals surface area contributed by atoms with E-state index in [1.165, 1.54) is 6.42 Å². The molecule has 2 aromatic rings. The van der Waals surface area contributed by atoms with Gasteiger partial charge >= 0.3 is 12.0 Å². The molecule has 1 N–H and O–H groups in total. The van der Waals surface area contributed by atoms with Crippen LogP contribution < -0.4 is 15.0 Å². The largest absolute Gasteiger partial charge is 0.462 e. The number of likely N-dealkylation sites (tertiary alicyclic amines) is 1. The molecule has 0 amide bonds. The Morgan fingerprint density at radius 3 is 2.83 bits per heavy atom. The second kappa shape index (κ2) is 11.2. The van der Waals surface area contributed by atoms with Crippen molar-refractivity contribution in [3.8, 4) is 12.1 Å². The molecule has 0 spiro atoms. The summed E-state index contributed by atoms with van der Waals surface area (Å²) >= 11 is 0. The molecule has 10 heteroatoms. The van der Waals surface area contributed by atoms with E-state index in [4.69, 9.17) is 19.5 Å². The van der Waals surface area contributed by atoms with Crippen molar-refractivity contribution < 1.29 is 14.4 Å². The molecule has 4 heterocycles. The molecule has 1 aromatic heterocycles. The lowest BCUT2D eigenvalue weighted by Gasteiger charge is -2.40. The number of ether oxygens (including phenoxy) is 1. The van der Waals surface area contributed by atoms with Gasteiger partial charge in [-0.25, -0.2) is 4.79 Å². The monoisotopic (exact) mass is 491 g/mol. The fraction of sp³-hybridized carbons (Fsp3) is 0.538. The Kier molecular flexibility index (Phi) is 7.60. The zero-order valence-electron chi connectivity index (χ0n) is 20.7. The van der Waals surface area contributed by atoms with Gasteiger partial charge in [0.25, 0.3) is 0 Å². The van der Waals surface area contributed by atoms with Crippen molar-refractivity contribution in [1.82, 2.24) is 25.2 Å². The number of fused-ring (bicyclic) bond motifs is 1. The van der Waals surface area contributed by atoms with Crippen LogP contribution in [0.3, 0.4) is 0 Å². The first-order valence-electron chi connectivity index (χ1n) is 12.7. The first-order valence-corrected chi connectivity index (χ1v) is 12.7. The number of hydrogen-bond acceptors (Lipinski definition) is 10. The molecule has 0 aliphatic carbocycles. The second-order valence-corrected chi connectivity index (χ2v) is 9.62. The van der Waals surface area contributed by atoms with Crippen molar-refractivity contribution >= 4 is 11.8 Å². The SMILES string of the molecule is CN1CCC[C@H]1COc1nc2c(c(N3CCN(OC(=O)c4ccccc4)C(CC#N)C3)n1)CCNC2. The summed E-state index contributed by atoms with van der Waals surface area (Å²) in [6.45, 7) is 4.83. The van der Waals surface area contributed by atoms with E-state index in [1.807, 2.05) is 6.07 Å². The number of hydroxylamine groups is 2. The Balaban J connectivity index is 1.33. The van der Waals surface area contributed by atoms with E-state index in [1.54, 1.807) is 29.3 Å². The average molecular weight is 492 g/mol. The number of aromatic nitrogens is 2. The molecule has 190 valence electrons. The van der Waals surface area contributed by atoms with Crippen LogP contribution in [0.25, 0.3) is 0 Å². The molecule has 1 aromatic carbocycles. The van der Waals surface area contributed by atoms with E-state index in [0.29, 0.717) is 50.4 Å². The van der Waals surface area contributed by atoms with Crippen LogP contribution in [0.15, 0.2) is 30.3 Å². The van der Waals surface area contributed by atoms with E-state index in [0.717, 1.165) is 43.0 Å². The van der Waals surface area contributed by atoms with Crippen molar-refractivity contribution in [1.29, 1.82) is 5.26 Å². The number of benzene rings is 1. The lowest BCUT2D eigenvalue weighted by Crippen LogP contribution is -2.54. The van der Waals surface area contributed by atoms with Gasteiger partial charge in [-0.05, 0) is 51.5 Å². The van der Waals surface area contributed by atoms with E-state index in [9.17, 15) is 10.1 Å². The molecule has 1 unspecified atom stereocenters. The van der Waals surface area contributed by atoms with Crippen LogP contribution in [0.2, 0.25) is 0 Å². The first kappa shape index (κ1) is 24.4. The van der Waals surface area contributed by atoms with Crippen molar-refractivity contribution in [2.45, 2.75) is 44.3 Å². The summed E-state index contributed by atoms with van der Waals surface area (Å²) in [5.41, 5.74) is 2.59. The van der Waals surface area contributed by atoms with Crippen molar-refractivity contribution in [3.63, 3.8) is 0 Å². The number of carbonyl (C=O) groups is 1. The number of anilines is 1. The third-order valence-electron chi connectivity index (χ3n) is 7.24. The third kappa shape index (κ3) is 5.43. The highest BCUT2D eigenvalue weighted by molar-refractivity contribution is 5.89. The van der Waals surface area contributed by atoms with Gasteiger partial charge in [-0.1, -0.05) is 18.2 Å². The second-order valence-electron chi connectivity index (χ2n) is 9.62. The summed E-state index contributed by atoms with van der Waals surface area (Å²) in [6, 6.07) is 11.7. The minimum Gasteiger partial charge on any atom is -0.462 e. The van der Waals surface area contributed by atoms with Gasteiger partial charge in [-0.3, -0.25) is 0 Å². The summed E-state index contributed by atoms with van der Waals surface area (Å²) in [6.07, 6.45) is 3.38. The fourth-order valence-electron chi connectivity index (χ4n) is 5.16. The summed E-state index contributed by atoms with van der Waals surface area (Å²) in [5.74, 6) is 0.457. The smallest absolute Gasteiger partial charge is 0.357 e. The number of carbonyl (C=O) groups excluding carboxylic acids is 1. The van der Waals surface area contributed by atoms with Crippen LogP contribution in [0.4, 0.5) is 5.82 Å². The molecule has 5 rings (SSSR count). The highest BCUT2D eigenvalue weighted by Gasteiger charge is 2.33. The Labute approximate surface area is 211 Å². The number of rotatable bonds is 7. The molecule has 2 fully saturated rings. The van der Waals surface area contributed by atoms with Gasteiger partial charge < -0.3 is 24.7 Å². The molecule has 2 saturated heterocycles. The first-order chi connectivity index (χ1) is 17.6. The molecule has 36 heavy (non-hydrogen) atoms. The summed E-state index contributed by atoms with van der Waals surface area (Å²) in [7, 11) is 2.13. The minimum atomic E-state index is -0.412. The van der Waals surface area contributed by atoms with E-state index < -0.39 is 5.97 Å². The fourth-order valence-corrected chi connectivity index (χ4v) is 5.16. The van der Waals surface area contributed by atoms with Crippen LogP contribution in [-0.2, 0) is 17.8 Å². The number of likely N-dealkylation sites (N-methyl/N-ethyl adjacent to an activating group) is 1. The number of piperazine rings is 1. The Morgan fingerprint density at radius 2 is 2.06 bits per heavy atom. The van der Waals surface area contributed by atoms with Gasteiger partial charge in [0.1, 0.15) is 12.4 Å². The lowest BCUT2D eigenvalue weighted by molar-refractivity contribution is -0.140. The Morgan fingerprint density at radius 1 is 1.19 bits per heavy atom. The molecular weight excluding hydrogens is 458 g/mol. The Bertz CT molecular complexity index is 1110. The third-order valence-corrected chi connectivity index (χ3v) is 7.24. The summed E-state index contributed by atoms with van der Waals surface area (Å²) in [4.78, 5) is 32.5. The maximum Gasteiger partial charge on any atom is 0.357 e. The maximum absolute atomic E-state index is 12.6. The molecule has 0 radical (unpaired) electrons. The topological polar surface area (TPSA) is 107 Å². The van der Waals surface area contributed by atoms with Crippen LogP contribution in [0.5, 0.6) is 6.01 Å². The normalized spacial score (nSPS) is 22.6. The van der Waals surface area contributed by atoms with Crippen LogP contribution in [-0.4, -0.2) is 84.4 Å². The van der Waals surface area contributed by atoms with Gasteiger partial charge in [0.2, 0.25) is 0 Å². The lowest BCUT2D eigenvalue weighted by atomic mass is 10.0. The molecule has 3 aliphatic heterocycles. The van der Waals surface area contributed by atoms with Crippen LogP contribution in [0.1, 0.15) is 40.9 Å². The van der Waals surface area contributed by atoms with Gasteiger partial charge in [0.05, 0.1) is 36.3 Å². The predicted octanol–water partition coefficient (Wildman–Crippen LogP) is 1.77. The van der Waals surface area contributed by atoms with Gasteiger partial charge in [0.15, 0.2) is 0 Å². The molecule has 0 bridgehead atoms. The van der Waals surface area contributed by atoms with E-state index in [-0.39, 0.29) is 12.5 Å². The molecule has 0 saturated carbocycles.